The summed E-state index contributed by atoms with van der Waals surface area (Å²) < 4.78 is 0. The van der Waals surface area contributed by atoms with E-state index in [2.05, 4.69) is 100 Å². The number of rotatable bonds is 2. The van der Waals surface area contributed by atoms with E-state index in [0.717, 1.165) is 0 Å². The van der Waals surface area contributed by atoms with Crippen LogP contribution < -0.4 is 0 Å². The fourth-order valence-electron chi connectivity index (χ4n) is 4.54. The summed E-state index contributed by atoms with van der Waals surface area (Å²) in [6, 6.07) is 26.8. The van der Waals surface area contributed by atoms with Crippen LogP contribution in [0.1, 0.15) is 22.3 Å². The summed E-state index contributed by atoms with van der Waals surface area (Å²) in [6.45, 7) is 8.94. The number of hydrogen-bond donors (Lipinski definition) is 0. The molecule has 0 N–H and O–H groups in total. The van der Waals surface area contributed by atoms with Gasteiger partial charge in [-0.3, -0.25) is 0 Å². The van der Waals surface area contributed by atoms with Gasteiger partial charge in [-0.25, -0.2) is 0 Å². The molecule has 0 spiro atoms. The van der Waals surface area contributed by atoms with Gasteiger partial charge < -0.3 is 0 Å². The minimum atomic E-state index is 1.34. The highest BCUT2D eigenvalue weighted by atomic mass is 32.1. The first-order valence-corrected chi connectivity index (χ1v) is 10.9. The van der Waals surface area contributed by atoms with Crippen LogP contribution in [0.3, 0.4) is 0 Å². The maximum atomic E-state index is 2.35. The first kappa shape index (κ1) is 18.1. The Morgan fingerprint density at radius 1 is 0.483 bits per heavy atom. The second kappa shape index (κ2) is 6.86. The molecular formula is C28H24S. The van der Waals surface area contributed by atoms with Crippen molar-refractivity contribution >= 4 is 32.9 Å². The number of hydrogen-bond acceptors (Lipinski definition) is 1. The highest BCUT2D eigenvalue weighted by Crippen LogP contribution is 2.41. The standard InChI is InChI=1S/C28H24S/c1-17-15-25(19(3)23-11-7-5-9-21(17)23)27-13-14-28(29-27)26-16-18(2)22-10-6-8-12-24(22)20(26)4/h5-16H,1-4H3. The SMILES string of the molecule is Cc1cc(-c2ccc(-c3cc(C)c4ccccc4c3C)s2)c(C)c2ccccc12. The summed E-state index contributed by atoms with van der Waals surface area (Å²) in [7, 11) is 0. The van der Waals surface area contributed by atoms with E-state index in [1.807, 2.05) is 11.3 Å². The number of fused-ring (bicyclic) bond motifs is 2. The van der Waals surface area contributed by atoms with Crippen LogP contribution in [0.15, 0.2) is 72.8 Å². The molecule has 5 aromatic rings. The van der Waals surface area contributed by atoms with Gasteiger partial charge in [0.05, 0.1) is 0 Å². The van der Waals surface area contributed by atoms with Crippen molar-refractivity contribution in [1.29, 1.82) is 0 Å². The topological polar surface area (TPSA) is 0 Å². The second-order valence-electron chi connectivity index (χ2n) is 7.99. The lowest BCUT2D eigenvalue weighted by Gasteiger charge is -2.12. The smallest absolute Gasteiger partial charge is 0.0352 e. The lowest BCUT2D eigenvalue weighted by atomic mass is 9.95. The predicted molar refractivity (Wildman–Crippen MR) is 129 cm³/mol. The van der Waals surface area contributed by atoms with Crippen LogP contribution in [0.5, 0.6) is 0 Å². The molecule has 0 nitrogen and oxygen atoms in total. The summed E-state index contributed by atoms with van der Waals surface area (Å²) in [4.78, 5) is 2.69. The van der Waals surface area contributed by atoms with Crippen LogP contribution >= 0.6 is 11.3 Å². The molecule has 0 saturated heterocycles. The van der Waals surface area contributed by atoms with Crippen molar-refractivity contribution in [2.75, 3.05) is 0 Å². The molecule has 142 valence electrons. The van der Waals surface area contributed by atoms with Gasteiger partial charge in [0.15, 0.2) is 0 Å². The lowest BCUT2D eigenvalue weighted by Crippen LogP contribution is -1.88. The Hall–Kier alpha value is -2.90. The van der Waals surface area contributed by atoms with E-state index in [4.69, 9.17) is 0 Å². The fraction of sp³-hybridized carbons (Fsp3) is 0.143. The van der Waals surface area contributed by atoms with E-state index in [1.165, 1.54) is 64.7 Å². The van der Waals surface area contributed by atoms with Crippen LogP contribution in [0, 0.1) is 27.7 Å². The first-order valence-electron chi connectivity index (χ1n) is 10.1. The molecule has 29 heavy (non-hydrogen) atoms. The summed E-state index contributed by atoms with van der Waals surface area (Å²) >= 11 is 1.90. The van der Waals surface area contributed by atoms with Gasteiger partial charge in [0.25, 0.3) is 0 Å². The molecule has 0 unspecified atom stereocenters. The number of thiophene rings is 1. The van der Waals surface area contributed by atoms with Gasteiger partial charge in [-0.15, -0.1) is 11.3 Å². The molecule has 0 bridgehead atoms. The van der Waals surface area contributed by atoms with Crippen molar-refractivity contribution in [1.82, 2.24) is 0 Å². The third-order valence-electron chi connectivity index (χ3n) is 6.18. The van der Waals surface area contributed by atoms with Gasteiger partial charge in [0.2, 0.25) is 0 Å². The Balaban J connectivity index is 1.68. The van der Waals surface area contributed by atoms with E-state index in [0.29, 0.717) is 0 Å². The van der Waals surface area contributed by atoms with Gasteiger partial charge >= 0.3 is 0 Å². The molecule has 0 saturated carbocycles. The van der Waals surface area contributed by atoms with Crippen molar-refractivity contribution in [2.45, 2.75) is 27.7 Å². The first-order chi connectivity index (χ1) is 14.0. The highest BCUT2D eigenvalue weighted by Gasteiger charge is 2.14. The monoisotopic (exact) mass is 392 g/mol. The van der Waals surface area contributed by atoms with E-state index >= 15 is 0 Å². The zero-order valence-corrected chi connectivity index (χ0v) is 18.2. The Labute approximate surface area is 176 Å². The molecular weight excluding hydrogens is 368 g/mol. The minimum absolute atomic E-state index is 1.34. The van der Waals surface area contributed by atoms with Gasteiger partial charge in [-0.1, -0.05) is 48.5 Å². The quantitative estimate of drug-likeness (QED) is 0.282. The van der Waals surface area contributed by atoms with Gasteiger partial charge in [0, 0.05) is 9.75 Å². The normalized spacial score (nSPS) is 11.4. The van der Waals surface area contributed by atoms with Crippen molar-refractivity contribution < 1.29 is 0 Å². The Morgan fingerprint density at radius 3 is 1.28 bits per heavy atom. The molecule has 0 aliphatic rings. The number of benzene rings is 4. The third-order valence-corrected chi connectivity index (χ3v) is 7.33. The summed E-state index contributed by atoms with van der Waals surface area (Å²) in [5.41, 5.74) is 8.13. The van der Waals surface area contributed by atoms with Gasteiger partial charge in [-0.2, -0.15) is 0 Å². The molecule has 0 amide bonds. The van der Waals surface area contributed by atoms with Crippen LogP contribution in [0.25, 0.3) is 42.4 Å². The summed E-state index contributed by atoms with van der Waals surface area (Å²) in [5, 5.41) is 5.42. The predicted octanol–water partition coefficient (Wildman–Crippen LogP) is 8.62. The Bertz CT molecular complexity index is 1280. The lowest BCUT2D eigenvalue weighted by molar-refractivity contribution is 1.46. The molecule has 0 aliphatic carbocycles. The molecule has 0 radical (unpaired) electrons. The van der Waals surface area contributed by atoms with Crippen molar-refractivity contribution in [3.63, 3.8) is 0 Å². The molecule has 1 heterocycles. The molecule has 1 aromatic heterocycles. The Morgan fingerprint density at radius 2 is 0.862 bits per heavy atom. The van der Waals surface area contributed by atoms with Crippen molar-refractivity contribution in [3.8, 4) is 20.9 Å². The van der Waals surface area contributed by atoms with E-state index < -0.39 is 0 Å². The average Bonchev–Trinajstić information content (AvgIpc) is 3.23. The van der Waals surface area contributed by atoms with Crippen LogP contribution in [0.2, 0.25) is 0 Å². The van der Waals surface area contributed by atoms with E-state index in [9.17, 15) is 0 Å². The van der Waals surface area contributed by atoms with E-state index in [-0.39, 0.29) is 0 Å². The van der Waals surface area contributed by atoms with Gasteiger partial charge in [0.1, 0.15) is 0 Å². The molecule has 5 rings (SSSR count). The van der Waals surface area contributed by atoms with Gasteiger partial charge in [-0.05, 0) is 107 Å². The largest absolute Gasteiger partial charge is 0.135 e. The minimum Gasteiger partial charge on any atom is -0.135 e. The molecule has 0 aliphatic heterocycles. The van der Waals surface area contributed by atoms with Crippen LogP contribution in [0.4, 0.5) is 0 Å². The molecule has 1 heteroatoms. The third kappa shape index (κ3) is 2.89. The molecule has 4 aromatic carbocycles. The summed E-state index contributed by atoms with van der Waals surface area (Å²) in [6.07, 6.45) is 0. The molecule has 0 atom stereocenters. The summed E-state index contributed by atoms with van der Waals surface area (Å²) in [5.74, 6) is 0. The molecule has 0 fully saturated rings. The average molecular weight is 393 g/mol. The second-order valence-corrected chi connectivity index (χ2v) is 9.07. The van der Waals surface area contributed by atoms with Crippen molar-refractivity contribution in [3.05, 3.63) is 95.1 Å². The highest BCUT2D eigenvalue weighted by molar-refractivity contribution is 7.18. The maximum absolute atomic E-state index is 2.35. The zero-order valence-electron chi connectivity index (χ0n) is 17.3. The van der Waals surface area contributed by atoms with Crippen LogP contribution in [-0.4, -0.2) is 0 Å². The number of aryl methyl sites for hydroxylation is 4. The van der Waals surface area contributed by atoms with E-state index in [1.54, 1.807) is 0 Å². The Kier molecular flexibility index (Phi) is 4.29. The fourth-order valence-corrected chi connectivity index (χ4v) is 5.70. The zero-order chi connectivity index (χ0) is 20.1. The van der Waals surface area contributed by atoms with Crippen LogP contribution in [-0.2, 0) is 0 Å². The maximum Gasteiger partial charge on any atom is 0.0352 e. The van der Waals surface area contributed by atoms with Crippen molar-refractivity contribution in [2.24, 2.45) is 0 Å².